The first-order valence-corrected chi connectivity index (χ1v) is 7.19. The molecule has 0 atom stereocenters. The van der Waals surface area contributed by atoms with Gasteiger partial charge in [-0.25, -0.2) is 4.98 Å². The lowest BCUT2D eigenvalue weighted by atomic mass is 10.1. The van der Waals surface area contributed by atoms with E-state index in [9.17, 15) is 4.79 Å². The van der Waals surface area contributed by atoms with Crippen LogP contribution in [-0.2, 0) is 6.42 Å². The van der Waals surface area contributed by atoms with E-state index in [1.54, 1.807) is 30.3 Å². The lowest BCUT2D eigenvalue weighted by molar-refractivity contribution is 0.102. The van der Waals surface area contributed by atoms with E-state index in [2.05, 4.69) is 26.2 Å². The molecule has 20 heavy (non-hydrogen) atoms. The first kappa shape index (κ1) is 14.8. The van der Waals surface area contributed by atoms with Crippen molar-refractivity contribution in [2.45, 2.75) is 13.3 Å². The van der Waals surface area contributed by atoms with Crippen molar-refractivity contribution in [1.29, 1.82) is 0 Å². The topological polar surface area (TPSA) is 68.0 Å². The van der Waals surface area contributed by atoms with E-state index in [4.69, 9.17) is 17.3 Å². The minimum atomic E-state index is -0.270. The van der Waals surface area contributed by atoms with Gasteiger partial charge in [0.1, 0.15) is 5.82 Å². The fourth-order valence-corrected chi connectivity index (χ4v) is 2.24. The zero-order chi connectivity index (χ0) is 14.7. The van der Waals surface area contributed by atoms with E-state index in [1.165, 1.54) is 0 Å². The number of pyridine rings is 1. The minimum absolute atomic E-state index is 0.270. The van der Waals surface area contributed by atoms with Crippen LogP contribution in [0.15, 0.2) is 34.8 Å². The molecule has 0 aliphatic carbocycles. The third-order valence-electron chi connectivity index (χ3n) is 2.70. The van der Waals surface area contributed by atoms with Crippen molar-refractivity contribution >= 4 is 44.9 Å². The molecule has 6 heteroatoms. The number of hydrogen-bond donors (Lipinski definition) is 2. The van der Waals surface area contributed by atoms with Crippen molar-refractivity contribution in [2.75, 3.05) is 11.1 Å². The van der Waals surface area contributed by atoms with Gasteiger partial charge in [0.15, 0.2) is 0 Å². The van der Waals surface area contributed by atoms with Crippen LogP contribution < -0.4 is 11.1 Å². The number of carbonyl (C=O) groups excluding carboxylic acids is 1. The fourth-order valence-electron chi connectivity index (χ4n) is 1.71. The maximum Gasteiger partial charge on any atom is 0.255 e. The zero-order valence-electron chi connectivity index (χ0n) is 10.8. The van der Waals surface area contributed by atoms with Crippen molar-refractivity contribution in [2.24, 2.45) is 0 Å². The van der Waals surface area contributed by atoms with Crippen molar-refractivity contribution < 1.29 is 4.79 Å². The predicted molar refractivity (Wildman–Crippen MR) is 85.1 cm³/mol. The van der Waals surface area contributed by atoms with Crippen molar-refractivity contribution in [3.8, 4) is 0 Å². The van der Waals surface area contributed by atoms with Gasteiger partial charge in [0.25, 0.3) is 5.91 Å². The third kappa shape index (κ3) is 3.49. The number of aromatic nitrogens is 1. The number of halogens is 2. The van der Waals surface area contributed by atoms with Gasteiger partial charge in [-0.3, -0.25) is 4.79 Å². The first-order valence-electron chi connectivity index (χ1n) is 6.02. The molecular weight excluding hydrogens is 342 g/mol. The number of aryl methyl sites for hydroxylation is 1. The summed E-state index contributed by atoms with van der Waals surface area (Å²) in [6.07, 6.45) is 0.711. The number of anilines is 2. The summed E-state index contributed by atoms with van der Waals surface area (Å²) in [5.41, 5.74) is 7.47. The average molecular weight is 355 g/mol. The molecule has 0 fully saturated rings. The number of rotatable bonds is 3. The van der Waals surface area contributed by atoms with Crippen LogP contribution in [0.2, 0.25) is 5.02 Å². The summed E-state index contributed by atoms with van der Waals surface area (Å²) in [6, 6.07) is 8.51. The molecule has 1 aromatic carbocycles. The maximum absolute atomic E-state index is 12.2. The van der Waals surface area contributed by atoms with Gasteiger partial charge in [-0.15, -0.1) is 0 Å². The van der Waals surface area contributed by atoms with Gasteiger partial charge in [-0.1, -0.05) is 34.5 Å². The van der Waals surface area contributed by atoms with Crippen LogP contribution in [0.25, 0.3) is 0 Å². The zero-order valence-corrected chi connectivity index (χ0v) is 13.1. The van der Waals surface area contributed by atoms with E-state index >= 15 is 0 Å². The van der Waals surface area contributed by atoms with E-state index in [0.29, 0.717) is 28.5 Å². The number of hydrogen-bond acceptors (Lipinski definition) is 3. The van der Waals surface area contributed by atoms with Gasteiger partial charge >= 0.3 is 0 Å². The second kappa shape index (κ2) is 6.24. The molecule has 3 N–H and O–H groups in total. The van der Waals surface area contributed by atoms with Crippen LogP contribution in [0.5, 0.6) is 0 Å². The third-order valence-corrected chi connectivity index (χ3v) is 3.52. The van der Waals surface area contributed by atoms with Gasteiger partial charge in [-0.05, 0) is 36.8 Å². The quantitative estimate of drug-likeness (QED) is 0.878. The second-order valence-corrected chi connectivity index (χ2v) is 5.53. The van der Waals surface area contributed by atoms with Crippen molar-refractivity contribution in [3.05, 3.63) is 51.1 Å². The lowest BCUT2D eigenvalue weighted by Gasteiger charge is -2.09. The Morgan fingerprint density at radius 1 is 1.40 bits per heavy atom. The minimum Gasteiger partial charge on any atom is -0.384 e. The summed E-state index contributed by atoms with van der Waals surface area (Å²) in [5.74, 6) is 0.0589. The molecule has 2 aromatic rings. The molecule has 4 nitrogen and oxygen atoms in total. The standard InChI is InChI=1S/C14H13BrClN3O/c1-2-10-5-8(6-13(17)18-10)14(20)19-12-7-9(15)3-4-11(12)16/h3-7H,2H2,1H3,(H2,17,18)(H,19,20). The van der Waals surface area contributed by atoms with Gasteiger partial charge in [0.05, 0.1) is 10.7 Å². The van der Waals surface area contributed by atoms with Crippen LogP contribution in [0.3, 0.4) is 0 Å². The summed E-state index contributed by atoms with van der Waals surface area (Å²) in [4.78, 5) is 16.4. The number of nitrogens with one attached hydrogen (secondary N) is 1. The maximum atomic E-state index is 12.2. The predicted octanol–water partition coefficient (Wildman–Crippen LogP) is 3.89. The van der Waals surface area contributed by atoms with Crippen molar-refractivity contribution in [3.63, 3.8) is 0 Å². The van der Waals surface area contributed by atoms with Crippen LogP contribution >= 0.6 is 27.5 Å². The molecule has 0 saturated heterocycles. The molecule has 1 heterocycles. The van der Waals surface area contributed by atoms with Crippen LogP contribution in [0.1, 0.15) is 23.0 Å². The van der Waals surface area contributed by atoms with Gasteiger partial charge in [0, 0.05) is 15.7 Å². The van der Waals surface area contributed by atoms with Gasteiger partial charge < -0.3 is 11.1 Å². The van der Waals surface area contributed by atoms with E-state index < -0.39 is 0 Å². The number of nitrogen functional groups attached to an aromatic ring is 1. The van der Waals surface area contributed by atoms with Crippen LogP contribution in [0, 0.1) is 0 Å². The lowest BCUT2D eigenvalue weighted by Crippen LogP contribution is -2.13. The summed E-state index contributed by atoms with van der Waals surface area (Å²) in [5, 5.41) is 3.23. The van der Waals surface area contributed by atoms with Crippen LogP contribution in [0.4, 0.5) is 11.5 Å². The highest BCUT2D eigenvalue weighted by Gasteiger charge is 2.11. The average Bonchev–Trinajstić information content (AvgIpc) is 2.42. The molecule has 0 aliphatic heterocycles. The van der Waals surface area contributed by atoms with Gasteiger partial charge in [-0.2, -0.15) is 0 Å². The highest BCUT2D eigenvalue weighted by atomic mass is 79.9. The summed E-state index contributed by atoms with van der Waals surface area (Å²) >= 11 is 9.38. The van der Waals surface area contributed by atoms with Crippen LogP contribution in [-0.4, -0.2) is 10.9 Å². The second-order valence-electron chi connectivity index (χ2n) is 4.20. The smallest absolute Gasteiger partial charge is 0.255 e. The molecule has 2 rings (SSSR count). The SMILES string of the molecule is CCc1cc(C(=O)Nc2cc(Br)ccc2Cl)cc(N)n1. The van der Waals surface area contributed by atoms with E-state index in [0.717, 1.165) is 10.2 Å². The normalized spacial score (nSPS) is 10.3. The molecule has 104 valence electrons. The number of nitrogens with two attached hydrogens (primary N) is 1. The molecule has 0 radical (unpaired) electrons. The molecule has 1 amide bonds. The summed E-state index contributed by atoms with van der Waals surface area (Å²) in [7, 11) is 0. The Morgan fingerprint density at radius 2 is 2.15 bits per heavy atom. The Bertz CT molecular complexity index is 661. The molecular formula is C14H13BrClN3O. The number of carbonyl (C=O) groups is 1. The molecule has 0 saturated carbocycles. The molecule has 0 bridgehead atoms. The largest absolute Gasteiger partial charge is 0.384 e. The van der Waals surface area contributed by atoms with E-state index in [-0.39, 0.29) is 5.91 Å². The van der Waals surface area contributed by atoms with Crippen molar-refractivity contribution in [1.82, 2.24) is 4.98 Å². The van der Waals surface area contributed by atoms with Gasteiger partial charge in [0.2, 0.25) is 0 Å². The fraction of sp³-hybridized carbons (Fsp3) is 0.143. The number of nitrogens with zero attached hydrogens (tertiary/aromatic N) is 1. The highest BCUT2D eigenvalue weighted by molar-refractivity contribution is 9.10. The molecule has 0 aliphatic rings. The highest BCUT2D eigenvalue weighted by Crippen LogP contribution is 2.26. The number of benzene rings is 1. The molecule has 0 spiro atoms. The summed E-state index contributed by atoms with van der Waals surface area (Å²) < 4.78 is 0.834. The monoisotopic (exact) mass is 353 g/mol. The Balaban J connectivity index is 2.28. The Hall–Kier alpha value is -1.59. The molecule has 1 aromatic heterocycles. The Labute approximate surface area is 130 Å². The van der Waals surface area contributed by atoms with E-state index in [1.807, 2.05) is 6.92 Å². The molecule has 0 unspecified atom stereocenters. The summed E-state index contributed by atoms with van der Waals surface area (Å²) in [6.45, 7) is 1.95. The Kier molecular flexibility index (Phi) is 4.62. The first-order chi connectivity index (χ1) is 9.49. The Morgan fingerprint density at radius 3 is 2.85 bits per heavy atom. The number of amides is 1.